The topological polar surface area (TPSA) is 67.5 Å². The fourth-order valence-electron chi connectivity index (χ4n) is 3.46. The Labute approximate surface area is 158 Å². The van der Waals surface area contributed by atoms with Crippen LogP contribution in [0.4, 0.5) is 5.82 Å². The molecule has 0 unspecified atom stereocenters. The number of anilines is 1. The molecular weight excluding hydrogens is 342 g/mol. The van der Waals surface area contributed by atoms with Crippen LogP contribution in [0.1, 0.15) is 22.8 Å². The van der Waals surface area contributed by atoms with Crippen molar-refractivity contribution in [2.24, 2.45) is 0 Å². The van der Waals surface area contributed by atoms with Crippen LogP contribution in [0, 0.1) is 13.8 Å². The van der Waals surface area contributed by atoms with Gasteiger partial charge >= 0.3 is 0 Å². The molecule has 0 saturated carbocycles. The lowest BCUT2D eigenvalue weighted by atomic mass is 10.1. The van der Waals surface area contributed by atoms with Crippen molar-refractivity contribution in [2.45, 2.75) is 26.9 Å². The van der Waals surface area contributed by atoms with E-state index in [4.69, 9.17) is 14.2 Å². The lowest BCUT2D eigenvalue weighted by Gasteiger charge is -2.30. The molecule has 0 atom stereocenters. The van der Waals surface area contributed by atoms with Crippen molar-refractivity contribution in [2.75, 3.05) is 38.3 Å². The van der Waals surface area contributed by atoms with Crippen molar-refractivity contribution >= 4 is 16.7 Å². The second-order valence-electron chi connectivity index (χ2n) is 7.17. The maximum Gasteiger partial charge on any atom is 0.240 e. The quantitative estimate of drug-likeness (QED) is 0.687. The number of pyridine rings is 1. The molecule has 1 aromatic carbocycles. The van der Waals surface area contributed by atoms with Crippen LogP contribution in [0.5, 0.6) is 0 Å². The van der Waals surface area contributed by atoms with Crippen molar-refractivity contribution in [1.82, 2.24) is 20.0 Å². The predicted octanol–water partition coefficient (Wildman–Crippen LogP) is 2.70. The Morgan fingerprint density at radius 3 is 2.63 bits per heavy atom. The Bertz CT molecular complexity index is 933. The summed E-state index contributed by atoms with van der Waals surface area (Å²) in [5.41, 5.74) is 3.46. The Hall–Kier alpha value is -2.51. The zero-order valence-corrected chi connectivity index (χ0v) is 16.1. The molecule has 0 spiro atoms. The first-order valence-electron chi connectivity index (χ1n) is 9.29. The minimum absolute atomic E-state index is 0.606. The largest absolute Gasteiger partial charge is 0.378 e. The Morgan fingerprint density at radius 1 is 1.07 bits per heavy atom. The number of hydrogen-bond donors (Lipinski definition) is 0. The number of benzene rings is 1. The number of ether oxygens (including phenoxy) is 1. The highest BCUT2D eigenvalue weighted by Crippen LogP contribution is 2.26. The number of aromatic nitrogens is 3. The smallest absolute Gasteiger partial charge is 0.240 e. The Morgan fingerprint density at radius 2 is 1.89 bits per heavy atom. The van der Waals surface area contributed by atoms with Crippen LogP contribution in [0.25, 0.3) is 10.9 Å². The maximum absolute atomic E-state index is 5.52. The van der Waals surface area contributed by atoms with Crippen molar-refractivity contribution in [3.63, 3.8) is 0 Å². The molecule has 1 fully saturated rings. The van der Waals surface area contributed by atoms with Gasteiger partial charge in [-0.3, -0.25) is 4.90 Å². The van der Waals surface area contributed by atoms with Gasteiger partial charge in [-0.05, 0) is 38.6 Å². The summed E-state index contributed by atoms with van der Waals surface area (Å²) in [6.45, 7) is 8.50. The van der Waals surface area contributed by atoms with Crippen molar-refractivity contribution < 1.29 is 9.26 Å². The summed E-state index contributed by atoms with van der Waals surface area (Å²) in [7, 11) is 2.06. The summed E-state index contributed by atoms with van der Waals surface area (Å²) >= 11 is 0. The van der Waals surface area contributed by atoms with E-state index >= 15 is 0 Å². The molecular formula is C20H25N5O2. The highest BCUT2D eigenvalue weighted by Gasteiger charge is 2.19. The van der Waals surface area contributed by atoms with Crippen LogP contribution in [-0.2, 0) is 17.8 Å². The molecule has 0 aliphatic carbocycles. The molecule has 142 valence electrons. The molecule has 0 amide bonds. The Kier molecular flexibility index (Phi) is 5.05. The van der Waals surface area contributed by atoms with Crippen molar-refractivity contribution in [3.8, 4) is 0 Å². The van der Waals surface area contributed by atoms with Gasteiger partial charge in [0.1, 0.15) is 5.82 Å². The summed E-state index contributed by atoms with van der Waals surface area (Å²) in [5, 5.41) is 5.03. The fraction of sp³-hybridized carbons (Fsp3) is 0.450. The highest BCUT2D eigenvalue weighted by atomic mass is 16.5. The van der Waals surface area contributed by atoms with E-state index in [9.17, 15) is 0 Å². The third kappa shape index (κ3) is 4.09. The van der Waals surface area contributed by atoms with Gasteiger partial charge in [0.15, 0.2) is 5.82 Å². The van der Waals surface area contributed by atoms with Gasteiger partial charge in [-0.15, -0.1) is 0 Å². The lowest BCUT2D eigenvalue weighted by Crippen LogP contribution is -2.37. The third-order valence-corrected chi connectivity index (χ3v) is 4.75. The standard InChI is InChI=1S/C20H25N5O2/c1-14-4-5-16-11-17(12-24(3)13-19-21-15(2)23-27-19)20(22-18(16)10-14)25-6-8-26-9-7-25/h4-5,10-11H,6-9,12-13H2,1-3H3. The van der Waals surface area contributed by atoms with E-state index in [1.54, 1.807) is 0 Å². The molecule has 7 heteroatoms. The maximum atomic E-state index is 5.52. The van der Waals surface area contributed by atoms with Crippen LogP contribution in [0.2, 0.25) is 0 Å². The second kappa shape index (κ2) is 7.62. The van der Waals surface area contributed by atoms with E-state index in [1.165, 1.54) is 11.1 Å². The summed E-state index contributed by atoms with van der Waals surface area (Å²) in [4.78, 5) is 13.8. The van der Waals surface area contributed by atoms with E-state index in [0.717, 1.165) is 49.6 Å². The molecule has 27 heavy (non-hydrogen) atoms. The van der Waals surface area contributed by atoms with Crippen LogP contribution in [0.3, 0.4) is 0 Å². The minimum Gasteiger partial charge on any atom is -0.378 e. The predicted molar refractivity (Wildman–Crippen MR) is 104 cm³/mol. The summed E-state index contributed by atoms with van der Waals surface area (Å²) < 4.78 is 10.8. The SMILES string of the molecule is Cc1ccc2cc(CN(C)Cc3nc(C)no3)c(N3CCOCC3)nc2c1. The number of hydrogen-bond acceptors (Lipinski definition) is 7. The molecule has 1 aliphatic rings. The van der Waals surface area contributed by atoms with E-state index in [0.29, 0.717) is 18.3 Å². The van der Waals surface area contributed by atoms with Gasteiger partial charge < -0.3 is 14.2 Å². The van der Waals surface area contributed by atoms with Crippen molar-refractivity contribution in [1.29, 1.82) is 0 Å². The van der Waals surface area contributed by atoms with E-state index < -0.39 is 0 Å². The zero-order chi connectivity index (χ0) is 18.8. The van der Waals surface area contributed by atoms with Gasteiger partial charge in [0.2, 0.25) is 5.89 Å². The number of fused-ring (bicyclic) bond motifs is 1. The molecule has 3 heterocycles. The van der Waals surface area contributed by atoms with Crippen LogP contribution in [-0.4, -0.2) is 53.4 Å². The Balaban J connectivity index is 1.65. The van der Waals surface area contributed by atoms with Crippen molar-refractivity contribution in [3.05, 3.63) is 47.1 Å². The van der Waals surface area contributed by atoms with Crippen LogP contribution in [0.15, 0.2) is 28.8 Å². The lowest BCUT2D eigenvalue weighted by molar-refractivity contribution is 0.122. The first-order valence-corrected chi connectivity index (χ1v) is 9.29. The summed E-state index contributed by atoms with van der Waals surface area (Å²) in [5.74, 6) is 2.34. The molecule has 1 saturated heterocycles. The summed E-state index contributed by atoms with van der Waals surface area (Å²) in [6.07, 6.45) is 0. The second-order valence-corrected chi connectivity index (χ2v) is 7.17. The van der Waals surface area contributed by atoms with Crippen LogP contribution < -0.4 is 4.90 Å². The third-order valence-electron chi connectivity index (χ3n) is 4.75. The average Bonchev–Trinajstić information content (AvgIpc) is 3.06. The highest BCUT2D eigenvalue weighted by molar-refractivity contribution is 5.82. The molecule has 0 bridgehead atoms. The summed E-state index contributed by atoms with van der Waals surface area (Å²) in [6, 6.07) is 8.68. The monoisotopic (exact) mass is 367 g/mol. The van der Waals surface area contributed by atoms with Gasteiger partial charge in [-0.2, -0.15) is 4.98 Å². The van der Waals surface area contributed by atoms with E-state index in [-0.39, 0.29) is 0 Å². The van der Waals surface area contributed by atoms with Gasteiger partial charge in [0.25, 0.3) is 0 Å². The van der Waals surface area contributed by atoms with Gasteiger partial charge in [-0.1, -0.05) is 17.3 Å². The average molecular weight is 367 g/mol. The molecule has 2 aromatic heterocycles. The van der Waals surface area contributed by atoms with Gasteiger partial charge in [0, 0.05) is 30.6 Å². The number of aryl methyl sites for hydroxylation is 2. The van der Waals surface area contributed by atoms with E-state index in [1.807, 2.05) is 6.92 Å². The zero-order valence-electron chi connectivity index (χ0n) is 16.1. The number of morpholine rings is 1. The normalized spacial score (nSPS) is 15.0. The van der Waals surface area contributed by atoms with E-state index in [2.05, 4.69) is 58.2 Å². The number of nitrogens with zero attached hydrogens (tertiary/aromatic N) is 5. The van der Waals surface area contributed by atoms with Gasteiger partial charge in [-0.25, -0.2) is 4.98 Å². The molecule has 7 nitrogen and oxygen atoms in total. The van der Waals surface area contributed by atoms with Gasteiger partial charge in [0.05, 0.1) is 25.3 Å². The molecule has 3 aromatic rings. The minimum atomic E-state index is 0.606. The number of rotatable bonds is 5. The molecule has 0 N–H and O–H groups in total. The first-order chi connectivity index (χ1) is 13.1. The first kappa shape index (κ1) is 17.9. The van der Waals surface area contributed by atoms with Crippen LogP contribution >= 0.6 is 0 Å². The molecule has 4 rings (SSSR count). The molecule has 0 radical (unpaired) electrons. The molecule has 1 aliphatic heterocycles. The fourth-order valence-corrected chi connectivity index (χ4v) is 3.46.